The average molecular weight is 255 g/mol. The lowest BCUT2D eigenvalue weighted by Gasteiger charge is -2.30. The molecule has 0 saturated heterocycles. The molecule has 0 saturated carbocycles. The van der Waals surface area contributed by atoms with Crippen LogP contribution in [0.25, 0.3) is 0 Å². The van der Waals surface area contributed by atoms with Crippen molar-refractivity contribution in [1.29, 1.82) is 0 Å². The van der Waals surface area contributed by atoms with Gasteiger partial charge in [-0.05, 0) is 32.0 Å². The molecule has 2 heterocycles. The Morgan fingerprint density at radius 1 is 1.21 bits per heavy atom. The Morgan fingerprint density at radius 2 is 2.05 bits per heavy atom. The van der Waals surface area contributed by atoms with Gasteiger partial charge in [-0.15, -0.1) is 0 Å². The topological polar surface area (TPSA) is 42.4 Å². The highest BCUT2D eigenvalue weighted by Crippen LogP contribution is 2.40. The quantitative estimate of drug-likeness (QED) is 0.850. The van der Waals surface area contributed by atoms with Crippen LogP contribution in [0, 0.1) is 13.8 Å². The summed E-state index contributed by atoms with van der Waals surface area (Å²) in [6, 6.07) is 9.90. The van der Waals surface area contributed by atoms with Gasteiger partial charge in [-0.1, -0.05) is 17.7 Å². The summed E-state index contributed by atoms with van der Waals surface area (Å²) in [7, 11) is 0. The van der Waals surface area contributed by atoms with E-state index in [1.54, 1.807) is 0 Å². The number of hydrogen-bond donors (Lipinski definition) is 1. The van der Waals surface area contributed by atoms with E-state index in [0.29, 0.717) is 6.42 Å². The highest BCUT2D eigenvalue weighted by atomic mass is 16.5. The summed E-state index contributed by atoms with van der Waals surface area (Å²) in [5.41, 5.74) is 4.01. The van der Waals surface area contributed by atoms with Crippen molar-refractivity contribution in [2.45, 2.75) is 32.5 Å². The summed E-state index contributed by atoms with van der Waals surface area (Å²) in [4.78, 5) is 4.29. The van der Waals surface area contributed by atoms with Gasteiger partial charge < -0.3 is 9.84 Å². The smallest absolute Gasteiger partial charge is 0.128 e. The van der Waals surface area contributed by atoms with Crippen molar-refractivity contribution < 1.29 is 9.84 Å². The van der Waals surface area contributed by atoms with Gasteiger partial charge in [-0.3, -0.25) is 4.98 Å². The Bertz CT molecular complexity index is 592. The maximum absolute atomic E-state index is 10.3. The first kappa shape index (κ1) is 12.2. The second kappa shape index (κ2) is 4.67. The Kier molecular flexibility index (Phi) is 2.99. The molecular weight excluding hydrogens is 238 g/mol. The molecule has 0 radical (unpaired) electrons. The minimum absolute atomic E-state index is 0.127. The summed E-state index contributed by atoms with van der Waals surface area (Å²) in [5.74, 6) is 0.773. The Hall–Kier alpha value is -1.87. The summed E-state index contributed by atoms with van der Waals surface area (Å²) in [5, 5.41) is 10.3. The van der Waals surface area contributed by atoms with E-state index < -0.39 is 6.10 Å². The molecule has 2 aromatic rings. The fraction of sp³-hybridized carbons (Fsp3) is 0.312. The largest absolute Gasteiger partial charge is 0.485 e. The number of aromatic nitrogens is 1. The van der Waals surface area contributed by atoms with Crippen molar-refractivity contribution >= 4 is 0 Å². The van der Waals surface area contributed by atoms with Gasteiger partial charge in [0.05, 0.1) is 6.10 Å². The minimum atomic E-state index is -0.477. The molecule has 0 fully saturated rings. The summed E-state index contributed by atoms with van der Waals surface area (Å²) in [6.07, 6.45) is 1.79. The van der Waals surface area contributed by atoms with Crippen LogP contribution in [0.3, 0.4) is 0 Å². The summed E-state index contributed by atoms with van der Waals surface area (Å²) >= 11 is 0. The predicted octanol–water partition coefficient (Wildman–Crippen LogP) is 3.26. The molecule has 1 aromatic heterocycles. The zero-order valence-corrected chi connectivity index (χ0v) is 11.1. The third-order valence-electron chi connectivity index (χ3n) is 3.54. The van der Waals surface area contributed by atoms with Crippen LogP contribution in [0.15, 0.2) is 36.5 Å². The van der Waals surface area contributed by atoms with Crippen LogP contribution in [-0.4, -0.2) is 10.1 Å². The fourth-order valence-electron chi connectivity index (χ4n) is 2.44. The third kappa shape index (κ3) is 2.34. The van der Waals surface area contributed by atoms with Gasteiger partial charge in [-0.25, -0.2) is 0 Å². The van der Waals surface area contributed by atoms with E-state index in [-0.39, 0.29) is 6.10 Å². The molecule has 98 valence electrons. The van der Waals surface area contributed by atoms with Crippen LogP contribution in [0.1, 0.15) is 41.0 Å². The molecular formula is C16H17NO2. The monoisotopic (exact) mass is 255 g/mol. The van der Waals surface area contributed by atoms with E-state index in [4.69, 9.17) is 4.74 Å². The number of nitrogens with zero attached hydrogens (tertiary/aromatic N) is 1. The van der Waals surface area contributed by atoms with Gasteiger partial charge in [0.15, 0.2) is 0 Å². The van der Waals surface area contributed by atoms with Crippen LogP contribution < -0.4 is 4.74 Å². The van der Waals surface area contributed by atoms with Crippen molar-refractivity contribution in [3.05, 3.63) is 58.9 Å². The van der Waals surface area contributed by atoms with Gasteiger partial charge in [0.25, 0.3) is 0 Å². The van der Waals surface area contributed by atoms with Crippen molar-refractivity contribution in [3.8, 4) is 5.75 Å². The first-order valence-corrected chi connectivity index (χ1v) is 6.51. The van der Waals surface area contributed by atoms with Gasteiger partial charge in [-0.2, -0.15) is 0 Å². The van der Waals surface area contributed by atoms with E-state index in [9.17, 15) is 5.11 Å². The van der Waals surface area contributed by atoms with E-state index in [1.807, 2.05) is 50.4 Å². The molecule has 3 nitrogen and oxygen atoms in total. The van der Waals surface area contributed by atoms with E-state index in [2.05, 4.69) is 4.98 Å². The Labute approximate surface area is 112 Å². The van der Waals surface area contributed by atoms with Crippen molar-refractivity contribution in [3.63, 3.8) is 0 Å². The summed E-state index contributed by atoms with van der Waals surface area (Å²) in [6.45, 7) is 3.97. The van der Waals surface area contributed by atoms with Crippen LogP contribution in [0.2, 0.25) is 0 Å². The summed E-state index contributed by atoms with van der Waals surface area (Å²) < 4.78 is 5.98. The van der Waals surface area contributed by atoms with Crippen LogP contribution >= 0.6 is 0 Å². The normalized spacial score (nSPS) is 21.6. The molecule has 3 rings (SSSR count). The number of aliphatic hydroxyl groups excluding tert-OH is 1. The number of rotatable bonds is 1. The number of pyridine rings is 1. The van der Waals surface area contributed by atoms with Gasteiger partial charge in [0, 0.05) is 29.4 Å². The zero-order valence-electron chi connectivity index (χ0n) is 11.1. The maximum atomic E-state index is 10.3. The van der Waals surface area contributed by atoms with E-state index in [0.717, 1.165) is 28.1 Å². The zero-order chi connectivity index (χ0) is 13.4. The number of aryl methyl sites for hydroxylation is 2. The molecule has 2 atom stereocenters. The second-order valence-corrected chi connectivity index (χ2v) is 5.13. The van der Waals surface area contributed by atoms with Crippen LogP contribution in [-0.2, 0) is 0 Å². The number of aliphatic hydroxyl groups is 1. The van der Waals surface area contributed by atoms with Gasteiger partial charge in [0.1, 0.15) is 11.9 Å². The molecule has 19 heavy (non-hydrogen) atoms. The molecule has 2 unspecified atom stereocenters. The number of hydrogen-bond acceptors (Lipinski definition) is 3. The highest BCUT2D eigenvalue weighted by molar-refractivity contribution is 5.41. The maximum Gasteiger partial charge on any atom is 0.128 e. The van der Waals surface area contributed by atoms with Gasteiger partial charge in [0.2, 0.25) is 0 Å². The fourth-order valence-corrected chi connectivity index (χ4v) is 2.44. The molecule has 1 aliphatic rings. The second-order valence-electron chi connectivity index (χ2n) is 5.13. The average Bonchev–Trinajstić information content (AvgIpc) is 2.40. The van der Waals surface area contributed by atoms with E-state index >= 15 is 0 Å². The lowest BCUT2D eigenvalue weighted by molar-refractivity contribution is 0.0655. The molecule has 0 spiro atoms. The number of fused-ring (bicyclic) bond motifs is 1. The van der Waals surface area contributed by atoms with E-state index in [1.165, 1.54) is 0 Å². The third-order valence-corrected chi connectivity index (χ3v) is 3.54. The van der Waals surface area contributed by atoms with Crippen molar-refractivity contribution in [1.82, 2.24) is 4.98 Å². The van der Waals surface area contributed by atoms with Crippen LogP contribution in [0.4, 0.5) is 0 Å². The standard InChI is InChI=1S/C16H17NO2/c1-10-3-6-15-13(7-10)14(18)8-16(19-15)12-5-4-11(2)17-9-12/h3-7,9,14,16,18H,8H2,1-2H3. The molecule has 1 N–H and O–H groups in total. The molecule has 1 aliphatic heterocycles. The highest BCUT2D eigenvalue weighted by Gasteiger charge is 2.28. The first-order valence-electron chi connectivity index (χ1n) is 6.51. The SMILES string of the molecule is Cc1ccc2c(c1)C(O)CC(c1ccc(C)nc1)O2. The lowest BCUT2D eigenvalue weighted by atomic mass is 9.94. The lowest BCUT2D eigenvalue weighted by Crippen LogP contribution is -2.19. The molecule has 0 aliphatic carbocycles. The molecule has 0 amide bonds. The van der Waals surface area contributed by atoms with Crippen LogP contribution in [0.5, 0.6) is 5.75 Å². The van der Waals surface area contributed by atoms with Crippen molar-refractivity contribution in [2.75, 3.05) is 0 Å². The Morgan fingerprint density at radius 3 is 2.79 bits per heavy atom. The predicted molar refractivity (Wildman–Crippen MR) is 73.1 cm³/mol. The van der Waals surface area contributed by atoms with Gasteiger partial charge >= 0.3 is 0 Å². The molecule has 0 bridgehead atoms. The number of ether oxygens (including phenoxy) is 1. The molecule has 3 heteroatoms. The Balaban J connectivity index is 1.92. The minimum Gasteiger partial charge on any atom is -0.485 e. The van der Waals surface area contributed by atoms with Crippen molar-refractivity contribution in [2.24, 2.45) is 0 Å². The molecule has 1 aromatic carbocycles. The number of benzene rings is 1. The first-order chi connectivity index (χ1) is 9.13.